The topological polar surface area (TPSA) is 53.4 Å². The maximum Gasteiger partial charge on any atom is 0.321 e. The van der Waals surface area contributed by atoms with Crippen LogP contribution in [0.5, 0.6) is 0 Å². The van der Waals surface area contributed by atoms with Gasteiger partial charge in [0.25, 0.3) is 0 Å². The normalized spacial score (nSPS) is 17.4. The zero-order valence-electron chi connectivity index (χ0n) is 15.3. The van der Waals surface area contributed by atoms with Gasteiger partial charge in [-0.2, -0.15) is 0 Å². The average molecular weight is 341 g/mol. The van der Waals surface area contributed by atoms with E-state index in [9.17, 15) is 4.79 Å². The van der Waals surface area contributed by atoms with Gasteiger partial charge in [-0.05, 0) is 30.9 Å². The van der Waals surface area contributed by atoms with Crippen LogP contribution in [0.1, 0.15) is 18.7 Å². The lowest BCUT2D eigenvalue weighted by Gasteiger charge is -2.33. The number of hydrogen-bond donors (Lipinski definition) is 1. The minimum atomic E-state index is -0.0150. The maximum absolute atomic E-state index is 12.7. The molecule has 2 aromatic rings. The number of piperidine rings is 1. The van der Waals surface area contributed by atoms with Gasteiger partial charge in [0.2, 0.25) is 0 Å². The molecule has 0 unspecified atom stereocenters. The number of aryl methyl sites for hydroxylation is 1. The molecule has 1 fully saturated rings. The number of benzene rings is 1. The van der Waals surface area contributed by atoms with Crippen molar-refractivity contribution in [3.05, 3.63) is 42.5 Å². The van der Waals surface area contributed by atoms with E-state index in [0.29, 0.717) is 5.92 Å². The molecule has 134 valence electrons. The Bertz CT molecular complexity index is 724. The number of anilines is 2. The van der Waals surface area contributed by atoms with E-state index in [1.165, 1.54) is 0 Å². The Morgan fingerprint density at radius 1 is 1.36 bits per heavy atom. The Morgan fingerprint density at radius 3 is 2.88 bits per heavy atom. The molecule has 0 aliphatic carbocycles. The van der Waals surface area contributed by atoms with Crippen molar-refractivity contribution in [2.75, 3.05) is 37.4 Å². The van der Waals surface area contributed by atoms with Crippen LogP contribution in [0.2, 0.25) is 0 Å². The first-order valence-electron chi connectivity index (χ1n) is 8.83. The molecule has 0 bridgehead atoms. The van der Waals surface area contributed by atoms with E-state index in [1.54, 1.807) is 0 Å². The second-order valence-corrected chi connectivity index (χ2v) is 6.95. The second kappa shape index (κ2) is 7.59. The molecule has 1 aromatic carbocycles. The summed E-state index contributed by atoms with van der Waals surface area (Å²) < 4.78 is 2.06. The standard InChI is InChI=1S/C19H27N5O/c1-22(2)17-9-5-4-8-16(17)21-19(25)24-11-6-7-15(14-24)13-18-20-10-12-23(18)3/h4-5,8-10,12,15H,6-7,11,13-14H2,1-3H3,(H,21,25)/t15-/m1/s1. The number of amides is 2. The first-order chi connectivity index (χ1) is 12.0. The summed E-state index contributed by atoms with van der Waals surface area (Å²) in [5.41, 5.74) is 1.86. The molecular weight excluding hydrogens is 314 g/mol. The summed E-state index contributed by atoms with van der Waals surface area (Å²) in [7, 11) is 5.98. The molecule has 0 saturated carbocycles. The number of nitrogens with one attached hydrogen (secondary N) is 1. The second-order valence-electron chi connectivity index (χ2n) is 6.95. The summed E-state index contributed by atoms with van der Waals surface area (Å²) in [6.45, 7) is 1.59. The summed E-state index contributed by atoms with van der Waals surface area (Å²) in [6.07, 6.45) is 6.91. The molecule has 25 heavy (non-hydrogen) atoms. The Labute approximate surface area is 149 Å². The summed E-state index contributed by atoms with van der Waals surface area (Å²) in [6, 6.07) is 7.87. The monoisotopic (exact) mass is 341 g/mol. The van der Waals surface area contributed by atoms with Crippen LogP contribution in [-0.2, 0) is 13.5 Å². The minimum Gasteiger partial charge on any atom is -0.376 e. The Balaban J connectivity index is 1.63. The van der Waals surface area contributed by atoms with Crippen molar-refractivity contribution in [2.24, 2.45) is 13.0 Å². The smallest absolute Gasteiger partial charge is 0.321 e. The van der Waals surface area contributed by atoms with E-state index in [-0.39, 0.29) is 6.03 Å². The fourth-order valence-corrected chi connectivity index (χ4v) is 3.43. The van der Waals surface area contributed by atoms with Crippen LogP contribution in [0.25, 0.3) is 0 Å². The van der Waals surface area contributed by atoms with Crippen LogP contribution in [0.15, 0.2) is 36.7 Å². The van der Waals surface area contributed by atoms with E-state index in [1.807, 2.05) is 67.6 Å². The van der Waals surface area contributed by atoms with E-state index < -0.39 is 0 Å². The number of carbonyl (C=O) groups is 1. The zero-order chi connectivity index (χ0) is 17.8. The van der Waals surface area contributed by atoms with Gasteiger partial charge >= 0.3 is 6.03 Å². The van der Waals surface area contributed by atoms with Crippen LogP contribution in [-0.4, -0.2) is 47.7 Å². The van der Waals surface area contributed by atoms with Crippen molar-refractivity contribution in [3.63, 3.8) is 0 Å². The first kappa shape index (κ1) is 17.3. The van der Waals surface area contributed by atoms with Crippen LogP contribution < -0.4 is 10.2 Å². The van der Waals surface area contributed by atoms with Gasteiger partial charge < -0.3 is 19.7 Å². The van der Waals surface area contributed by atoms with Crippen molar-refractivity contribution in [2.45, 2.75) is 19.3 Å². The van der Waals surface area contributed by atoms with Crippen molar-refractivity contribution < 1.29 is 4.79 Å². The quantitative estimate of drug-likeness (QED) is 0.930. The van der Waals surface area contributed by atoms with E-state index >= 15 is 0 Å². The van der Waals surface area contributed by atoms with Gasteiger partial charge in [-0.25, -0.2) is 9.78 Å². The minimum absolute atomic E-state index is 0.0150. The molecule has 0 spiro atoms. The van der Waals surface area contributed by atoms with E-state index in [4.69, 9.17) is 0 Å². The van der Waals surface area contributed by atoms with Crippen molar-refractivity contribution in [1.29, 1.82) is 0 Å². The number of hydrogen-bond acceptors (Lipinski definition) is 3. The van der Waals surface area contributed by atoms with Crippen LogP contribution in [0, 0.1) is 5.92 Å². The number of urea groups is 1. The van der Waals surface area contributed by atoms with Crippen molar-refractivity contribution >= 4 is 17.4 Å². The molecule has 1 aliphatic rings. The van der Waals surface area contributed by atoms with Gasteiger partial charge in [0.1, 0.15) is 5.82 Å². The number of imidazole rings is 1. The zero-order valence-corrected chi connectivity index (χ0v) is 15.3. The number of carbonyl (C=O) groups excluding carboxylic acids is 1. The maximum atomic E-state index is 12.7. The predicted molar refractivity (Wildman–Crippen MR) is 101 cm³/mol. The molecule has 1 aromatic heterocycles. The van der Waals surface area contributed by atoms with Gasteiger partial charge in [0.05, 0.1) is 11.4 Å². The van der Waals surface area contributed by atoms with E-state index in [2.05, 4.69) is 14.9 Å². The fraction of sp³-hybridized carbons (Fsp3) is 0.474. The molecular formula is C19H27N5O. The molecule has 1 atom stereocenters. The summed E-state index contributed by atoms with van der Waals surface area (Å²) in [5.74, 6) is 1.55. The molecule has 2 amide bonds. The molecule has 2 heterocycles. The lowest BCUT2D eigenvalue weighted by Crippen LogP contribution is -2.43. The van der Waals surface area contributed by atoms with E-state index in [0.717, 1.165) is 49.6 Å². The van der Waals surface area contributed by atoms with Gasteiger partial charge in [-0.1, -0.05) is 12.1 Å². The number of aromatic nitrogens is 2. The molecule has 3 rings (SSSR count). The first-order valence-corrected chi connectivity index (χ1v) is 8.83. The highest BCUT2D eigenvalue weighted by atomic mass is 16.2. The van der Waals surface area contributed by atoms with Crippen LogP contribution in [0.3, 0.4) is 0 Å². The third-order valence-corrected chi connectivity index (χ3v) is 4.83. The van der Waals surface area contributed by atoms with Gasteiger partial charge in [-0.3, -0.25) is 0 Å². The molecule has 1 N–H and O–H groups in total. The highest BCUT2D eigenvalue weighted by Crippen LogP contribution is 2.25. The van der Waals surface area contributed by atoms with Crippen LogP contribution >= 0.6 is 0 Å². The SMILES string of the molecule is CN(C)c1ccccc1NC(=O)N1CCC[C@H](Cc2nccn2C)C1. The molecule has 1 aliphatic heterocycles. The largest absolute Gasteiger partial charge is 0.376 e. The number of rotatable bonds is 4. The third-order valence-electron chi connectivity index (χ3n) is 4.83. The Hall–Kier alpha value is -2.50. The highest BCUT2D eigenvalue weighted by molar-refractivity contribution is 5.93. The average Bonchev–Trinajstić information content (AvgIpc) is 3.00. The Kier molecular flexibility index (Phi) is 5.26. The molecule has 6 nitrogen and oxygen atoms in total. The predicted octanol–water partition coefficient (Wildman–Crippen LogP) is 2.97. The molecule has 0 radical (unpaired) electrons. The summed E-state index contributed by atoms with van der Waals surface area (Å²) in [4.78, 5) is 21.1. The lowest BCUT2D eigenvalue weighted by molar-refractivity contribution is 0.176. The van der Waals surface area contributed by atoms with Crippen molar-refractivity contribution in [1.82, 2.24) is 14.5 Å². The summed E-state index contributed by atoms with van der Waals surface area (Å²) >= 11 is 0. The Morgan fingerprint density at radius 2 is 2.16 bits per heavy atom. The molecule has 6 heteroatoms. The fourth-order valence-electron chi connectivity index (χ4n) is 3.43. The van der Waals surface area contributed by atoms with Gasteiger partial charge in [0.15, 0.2) is 0 Å². The number of para-hydroxylation sites is 2. The van der Waals surface area contributed by atoms with Gasteiger partial charge in [-0.15, -0.1) is 0 Å². The lowest BCUT2D eigenvalue weighted by atomic mass is 9.94. The highest BCUT2D eigenvalue weighted by Gasteiger charge is 2.25. The molecule has 1 saturated heterocycles. The van der Waals surface area contributed by atoms with Gasteiger partial charge in [0, 0.05) is 53.0 Å². The third kappa shape index (κ3) is 4.13. The van der Waals surface area contributed by atoms with Crippen molar-refractivity contribution in [3.8, 4) is 0 Å². The number of likely N-dealkylation sites (tertiary alicyclic amines) is 1. The number of nitrogens with zero attached hydrogens (tertiary/aromatic N) is 4. The summed E-state index contributed by atoms with van der Waals surface area (Å²) in [5, 5.41) is 3.08. The van der Waals surface area contributed by atoms with Crippen LogP contribution in [0.4, 0.5) is 16.2 Å².